The maximum absolute atomic E-state index is 12.9. The molecule has 0 saturated heterocycles. The van der Waals surface area contributed by atoms with Gasteiger partial charge < -0.3 is 24.2 Å². The van der Waals surface area contributed by atoms with Gasteiger partial charge in [-0.3, -0.25) is 23.4 Å². The van der Waals surface area contributed by atoms with E-state index >= 15 is 0 Å². The molecule has 2 N–H and O–H groups in total. The number of carbonyl (C=O) groups is 3. The van der Waals surface area contributed by atoms with Crippen LogP contribution >= 0.6 is 7.82 Å². The molecule has 0 aliphatic rings. The van der Waals surface area contributed by atoms with Gasteiger partial charge >= 0.3 is 25.7 Å². The third kappa shape index (κ3) is 50.3. The Balaban J connectivity index is 4.95. The van der Waals surface area contributed by atoms with Gasteiger partial charge in [0.25, 0.3) is 0 Å². The molecule has 0 bridgehead atoms. The largest absolute Gasteiger partial charge is 0.472 e. The van der Waals surface area contributed by atoms with Crippen LogP contribution in [0.15, 0.2) is 146 Å². The fourth-order valence-corrected chi connectivity index (χ4v) is 7.10. The van der Waals surface area contributed by atoms with Gasteiger partial charge in [-0.1, -0.05) is 186 Å². The number of allylic oxidation sites excluding steroid dienone is 23. The monoisotopic (exact) mass is 1020 g/mol. The number of phosphoric ester groups is 1. The van der Waals surface area contributed by atoms with Crippen LogP contribution in [0.25, 0.3) is 0 Å². The van der Waals surface area contributed by atoms with Crippen LogP contribution in [0.5, 0.6) is 0 Å². The van der Waals surface area contributed by atoms with Crippen molar-refractivity contribution in [2.24, 2.45) is 0 Å². The van der Waals surface area contributed by atoms with Crippen LogP contribution in [0.2, 0.25) is 0 Å². The van der Waals surface area contributed by atoms with Crippen LogP contribution in [-0.4, -0.2) is 66.5 Å². The van der Waals surface area contributed by atoms with E-state index in [0.717, 1.165) is 116 Å². The number of esters is 3. The Morgan fingerprint density at radius 1 is 0.403 bits per heavy atom. The molecule has 3 atom stereocenters. The number of phosphoric acid groups is 1. The number of aliphatic hydroxyl groups excluding tert-OH is 1. The number of rotatable bonds is 47. The highest BCUT2D eigenvalue weighted by atomic mass is 31.2. The first-order chi connectivity index (χ1) is 35.2. The molecule has 11 nitrogen and oxygen atoms in total. The van der Waals surface area contributed by atoms with Crippen molar-refractivity contribution < 1.29 is 52.2 Å². The lowest BCUT2D eigenvalue weighted by atomic mass is 10.1. The summed E-state index contributed by atoms with van der Waals surface area (Å²) in [5.74, 6) is -1.70. The van der Waals surface area contributed by atoms with E-state index in [-0.39, 0.29) is 19.3 Å². The average Bonchev–Trinajstić information content (AvgIpc) is 3.37. The van der Waals surface area contributed by atoms with Crippen molar-refractivity contribution >= 4 is 25.7 Å². The minimum Gasteiger partial charge on any atom is -0.461 e. The first-order valence-electron chi connectivity index (χ1n) is 26.7. The molecule has 0 heterocycles. The van der Waals surface area contributed by atoms with E-state index in [9.17, 15) is 28.9 Å². The highest BCUT2D eigenvalue weighted by Gasteiger charge is 2.28. The summed E-state index contributed by atoms with van der Waals surface area (Å²) >= 11 is 0. The van der Waals surface area contributed by atoms with E-state index in [2.05, 4.69) is 148 Å². The molecule has 12 heteroatoms. The van der Waals surface area contributed by atoms with Gasteiger partial charge in [-0.2, -0.15) is 0 Å². The van der Waals surface area contributed by atoms with Gasteiger partial charge in [-0.25, -0.2) is 4.57 Å². The third-order valence-electron chi connectivity index (χ3n) is 10.3. The summed E-state index contributed by atoms with van der Waals surface area (Å²) in [4.78, 5) is 48.3. The lowest BCUT2D eigenvalue weighted by molar-refractivity contribution is -0.161. The van der Waals surface area contributed by atoms with Crippen LogP contribution in [-0.2, 0) is 42.2 Å². The maximum Gasteiger partial charge on any atom is 0.472 e. The Hall–Kier alpha value is -4.64. The first kappa shape index (κ1) is 67.4. The van der Waals surface area contributed by atoms with Gasteiger partial charge in [-0.15, -0.1) is 0 Å². The fraction of sp³-hybridized carbons (Fsp3) is 0.550. The summed E-state index contributed by atoms with van der Waals surface area (Å²) in [5.41, 5.74) is 0. The predicted molar refractivity (Wildman–Crippen MR) is 297 cm³/mol. The van der Waals surface area contributed by atoms with Crippen molar-refractivity contribution in [1.82, 2.24) is 0 Å². The number of hydrogen-bond donors (Lipinski definition) is 2. The van der Waals surface area contributed by atoms with Crippen LogP contribution in [0.3, 0.4) is 0 Å². The van der Waals surface area contributed by atoms with Gasteiger partial charge in [0.1, 0.15) is 12.7 Å². The van der Waals surface area contributed by atoms with E-state index in [1.54, 1.807) is 6.08 Å². The molecule has 0 radical (unpaired) electrons. The molecule has 0 rings (SSSR count). The summed E-state index contributed by atoms with van der Waals surface area (Å²) < 4.78 is 39.2. The molecule has 0 aromatic heterocycles. The van der Waals surface area contributed by atoms with Gasteiger partial charge in [0.05, 0.1) is 26.2 Å². The summed E-state index contributed by atoms with van der Waals surface area (Å²) in [5, 5.41) is 9.78. The van der Waals surface area contributed by atoms with E-state index in [1.165, 1.54) is 0 Å². The van der Waals surface area contributed by atoms with Crippen LogP contribution in [0, 0.1) is 0 Å². The molecule has 0 saturated carbocycles. The molecule has 0 aromatic rings. The zero-order chi connectivity index (χ0) is 52.7. The van der Waals surface area contributed by atoms with Gasteiger partial charge in [0, 0.05) is 12.8 Å². The molecule has 0 aliphatic heterocycles. The second-order valence-corrected chi connectivity index (χ2v) is 18.4. The van der Waals surface area contributed by atoms with Crippen molar-refractivity contribution in [2.75, 3.05) is 26.4 Å². The molecular formula is C60H93O11P. The molecule has 0 fully saturated rings. The Morgan fingerprint density at radius 3 is 1.11 bits per heavy atom. The maximum atomic E-state index is 12.9. The average molecular weight is 1020 g/mol. The summed E-state index contributed by atoms with van der Waals surface area (Å²) in [6.45, 7) is 4.08. The van der Waals surface area contributed by atoms with Crippen molar-refractivity contribution in [3.05, 3.63) is 146 Å². The van der Waals surface area contributed by atoms with Crippen molar-refractivity contribution in [2.45, 2.75) is 187 Å². The lowest BCUT2D eigenvalue weighted by Gasteiger charge is -2.21. The quantitative estimate of drug-likeness (QED) is 0.0197. The second kappa shape index (κ2) is 52.7. The Bertz CT molecular complexity index is 1760. The van der Waals surface area contributed by atoms with E-state index in [0.29, 0.717) is 19.3 Å². The molecule has 0 aliphatic carbocycles. The molecule has 0 spiro atoms. The third-order valence-corrected chi connectivity index (χ3v) is 11.2. The summed E-state index contributed by atoms with van der Waals surface area (Å²) in [7, 11) is -4.79. The molecule has 0 aromatic carbocycles. The topological polar surface area (TPSA) is 155 Å². The van der Waals surface area contributed by atoms with E-state index < -0.39 is 64.4 Å². The zero-order valence-electron chi connectivity index (χ0n) is 44.3. The highest BCUT2D eigenvalue weighted by Crippen LogP contribution is 2.43. The fourth-order valence-electron chi connectivity index (χ4n) is 6.31. The number of ether oxygens (including phenoxy) is 3. The van der Waals surface area contributed by atoms with E-state index in [4.69, 9.17) is 23.3 Å². The lowest BCUT2D eigenvalue weighted by Crippen LogP contribution is -2.30. The van der Waals surface area contributed by atoms with Crippen LogP contribution < -0.4 is 0 Å². The van der Waals surface area contributed by atoms with Crippen molar-refractivity contribution in [3.8, 4) is 0 Å². The minimum absolute atomic E-state index is 0.0218. The molecular weight excluding hydrogens is 928 g/mol. The molecule has 404 valence electrons. The first-order valence-corrected chi connectivity index (χ1v) is 28.2. The normalized spacial score (nSPS) is 14.6. The minimum atomic E-state index is -4.79. The number of hydrogen-bond acceptors (Lipinski definition) is 10. The number of aliphatic hydroxyl groups is 1. The van der Waals surface area contributed by atoms with Gasteiger partial charge in [0.2, 0.25) is 0 Å². The Labute approximate surface area is 435 Å². The Morgan fingerprint density at radius 2 is 0.722 bits per heavy atom. The van der Waals surface area contributed by atoms with Gasteiger partial charge in [-0.05, 0) is 116 Å². The zero-order valence-corrected chi connectivity index (χ0v) is 45.2. The molecule has 3 unspecified atom stereocenters. The smallest absolute Gasteiger partial charge is 0.461 e. The predicted octanol–water partition coefficient (Wildman–Crippen LogP) is 15.6. The van der Waals surface area contributed by atoms with Crippen LogP contribution in [0.1, 0.15) is 175 Å². The standard InChI is InChI=1S/C60H93O11P/c1-4-7-10-13-16-19-22-25-27-28-30-33-36-39-42-45-48-51-60(64)71-57(53-67-58(62)49-46-43-40-37-34-32-29-26-23-20-17-14-11-8-5-2)55-69-72(65,66)68-54-56(52-61)70-59(63)50-47-44-41-38-35-31-24-21-18-15-12-9-6-3/h7-12,16-21,25-27,29-31,33-35,37,43,46,56-57,61H,4-6,13-15,22-24,28,32,36,38-42,44-45,47-55H2,1-3H3,(H,65,66)/b10-7-,11-8-,12-9-,19-16-,20-17-,21-18-,27-25-,29-26-,33-30-,35-31-,37-34-,46-43-. The second-order valence-electron chi connectivity index (χ2n) is 16.9. The highest BCUT2D eigenvalue weighted by molar-refractivity contribution is 7.47. The van der Waals surface area contributed by atoms with Crippen LogP contribution in [0.4, 0.5) is 0 Å². The summed E-state index contributed by atoms with van der Waals surface area (Å²) in [6.07, 6.45) is 67.0. The molecule has 72 heavy (non-hydrogen) atoms. The number of unbranched alkanes of at least 4 members (excludes halogenated alkanes) is 7. The van der Waals surface area contributed by atoms with Crippen molar-refractivity contribution in [3.63, 3.8) is 0 Å². The number of carbonyl (C=O) groups excluding carboxylic acids is 3. The molecule has 0 amide bonds. The summed E-state index contributed by atoms with van der Waals surface area (Å²) in [6, 6.07) is 0. The van der Waals surface area contributed by atoms with Gasteiger partial charge in [0.15, 0.2) is 6.10 Å². The van der Waals surface area contributed by atoms with Crippen molar-refractivity contribution in [1.29, 1.82) is 0 Å². The Kier molecular flexibility index (Phi) is 49.3. The van der Waals surface area contributed by atoms with E-state index in [1.807, 2.05) is 12.2 Å². The SMILES string of the molecule is CC/C=C\C/C=C\C/C=C\C/C=C\C/C=C\CC(=O)OCC(COP(=O)(O)OCC(CO)OC(=O)CCCCC/C=C\C/C=C\C/C=C\CC)OC(=O)CCCCCC/C=C\C/C=C\C/C=C\C/C=C\CC.